The molecule has 0 bridgehead atoms. The summed E-state index contributed by atoms with van der Waals surface area (Å²) in [6.45, 7) is 4.76. The smallest absolute Gasteiger partial charge is 0.227 e. The Bertz CT molecular complexity index is 788. The second-order valence-corrected chi connectivity index (χ2v) is 9.79. The summed E-state index contributed by atoms with van der Waals surface area (Å²) in [5.74, 6) is 1.19. The first-order valence-electron chi connectivity index (χ1n) is 10.1. The van der Waals surface area contributed by atoms with Crippen molar-refractivity contribution < 1.29 is 22.7 Å². The third-order valence-electron chi connectivity index (χ3n) is 5.46. The van der Waals surface area contributed by atoms with Crippen LogP contribution in [-0.2, 0) is 14.8 Å². The van der Waals surface area contributed by atoms with E-state index in [0.717, 1.165) is 6.42 Å². The van der Waals surface area contributed by atoms with Crippen LogP contribution in [0.25, 0.3) is 0 Å². The molecule has 0 saturated heterocycles. The van der Waals surface area contributed by atoms with E-state index >= 15 is 0 Å². The Hall–Kier alpha value is -1.80. The van der Waals surface area contributed by atoms with Crippen molar-refractivity contribution in [2.24, 2.45) is 5.92 Å². The molecule has 156 valence electrons. The molecule has 28 heavy (non-hydrogen) atoms. The van der Waals surface area contributed by atoms with Crippen LogP contribution in [0.4, 0.5) is 5.69 Å². The largest absolute Gasteiger partial charge is 0.486 e. The molecule has 0 aromatic heterocycles. The Morgan fingerprint density at radius 3 is 2.50 bits per heavy atom. The minimum atomic E-state index is -3.29. The maximum absolute atomic E-state index is 12.6. The van der Waals surface area contributed by atoms with Crippen LogP contribution in [0.3, 0.4) is 0 Å². The maximum atomic E-state index is 12.6. The third kappa shape index (κ3) is 5.17. The highest BCUT2D eigenvalue weighted by atomic mass is 32.2. The van der Waals surface area contributed by atoms with E-state index in [1.54, 1.807) is 25.1 Å². The van der Waals surface area contributed by atoms with Crippen LogP contribution in [0.5, 0.6) is 11.5 Å². The quantitative estimate of drug-likeness (QED) is 0.721. The standard InChI is InChI=1S/C20H30N2O5S/c1-3-4-14(2)28(24,25)22-16-7-5-15(6-8-16)20(23)21-17-9-10-18-19(13-17)27-12-11-26-18/h9-10,13-16,22H,3-8,11-12H2,1-2H3,(H,21,23)/t14?,15-,16-. The van der Waals surface area contributed by atoms with Gasteiger partial charge in [-0.25, -0.2) is 13.1 Å². The van der Waals surface area contributed by atoms with E-state index in [9.17, 15) is 13.2 Å². The molecule has 1 aliphatic carbocycles. The van der Waals surface area contributed by atoms with Crippen LogP contribution >= 0.6 is 0 Å². The van der Waals surface area contributed by atoms with Crippen LogP contribution in [0.15, 0.2) is 18.2 Å². The van der Waals surface area contributed by atoms with Crippen molar-refractivity contribution in [2.45, 2.75) is 63.7 Å². The number of amides is 1. The van der Waals surface area contributed by atoms with Crippen molar-refractivity contribution >= 4 is 21.6 Å². The van der Waals surface area contributed by atoms with Gasteiger partial charge < -0.3 is 14.8 Å². The summed E-state index contributed by atoms with van der Waals surface area (Å²) in [4.78, 5) is 12.6. The summed E-state index contributed by atoms with van der Waals surface area (Å²) >= 11 is 0. The highest BCUT2D eigenvalue weighted by Crippen LogP contribution is 2.33. The number of anilines is 1. The second kappa shape index (κ2) is 9.13. The molecule has 2 aliphatic rings. The average molecular weight is 411 g/mol. The van der Waals surface area contributed by atoms with Crippen LogP contribution in [0.2, 0.25) is 0 Å². The van der Waals surface area contributed by atoms with E-state index in [0.29, 0.717) is 62.5 Å². The van der Waals surface area contributed by atoms with Crippen LogP contribution in [0, 0.1) is 5.92 Å². The van der Waals surface area contributed by atoms with Crippen LogP contribution in [0.1, 0.15) is 52.4 Å². The SMILES string of the molecule is CCCC(C)S(=O)(=O)N[C@H]1CC[C@H](C(=O)Nc2ccc3c(c2)OCCO3)CC1. The van der Waals surface area contributed by atoms with E-state index in [4.69, 9.17) is 9.47 Å². The number of hydrogen-bond donors (Lipinski definition) is 2. The lowest BCUT2D eigenvalue weighted by atomic mass is 9.86. The summed E-state index contributed by atoms with van der Waals surface area (Å²) in [6.07, 6.45) is 4.20. The van der Waals surface area contributed by atoms with Crippen molar-refractivity contribution in [1.82, 2.24) is 4.72 Å². The molecule has 1 aromatic carbocycles. The molecular formula is C20H30N2O5S. The lowest BCUT2D eigenvalue weighted by Gasteiger charge is -2.29. The molecule has 1 aliphatic heterocycles. The molecule has 0 radical (unpaired) electrons. The number of carbonyl (C=O) groups excluding carboxylic acids is 1. The van der Waals surface area contributed by atoms with Gasteiger partial charge in [0.25, 0.3) is 0 Å². The predicted molar refractivity (Wildman–Crippen MR) is 108 cm³/mol. The topological polar surface area (TPSA) is 93.7 Å². The first-order valence-corrected chi connectivity index (χ1v) is 11.7. The first kappa shape index (κ1) is 20.9. The fourth-order valence-electron chi connectivity index (χ4n) is 3.75. The highest BCUT2D eigenvalue weighted by Gasteiger charge is 2.30. The highest BCUT2D eigenvalue weighted by molar-refractivity contribution is 7.90. The van der Waals surface area contributed by atoms with Gasteiger partial charge in [-0.2, -0.15) is 0 Å². The molecule has 1 aromatic rings. The molecule has 2 N–H and O–H groups in total. The van der Waals surface area contributed by atoms with Crippen molar-refractivity contribution in [3.8, 4) is 11.5 Å². The maximum Gasteiger partial charge on any atom is 0.227 e. The summed E-state index contributed by atoms with van der Waals surface area (Å²) in [6, 6.07) is 5.30. The number of rotatable bonds is 7. The van der Waals surface area contributed by atoms with Gasteiger partial charge in [-0.1, -0.05) is 13.3 Å². The zero-order chi connectivity index (χ0) is 20.1. The first-order chi connectivity index (χ1) is 13.4. The van der Waals surface area contributed by atoms with Gasteiger partial charge in [0.1, 0.15) is 13.2 Å². The molecule has 1 heterocycles. The summed E-state index contributed by atoms with van der Waals surface area (Å²) < 4.78 is 38.6. The lowest BCUT2D eigenvalue weighted by molar-refractivity contribution is -0.120. The molecule has 1 atom stereocenters. The molecule has 1 amide bonds. The molecule has 7 nitrogen and oxygen atoms in total. The fraction of sp³-hybridized carbons (Fsp3) is 0.650. The number of sulfonamides is 1. The van der Waals surface area contributed by atoms with Gasteiger partial charge in [-0.15, -0.1) is 0 Å². The normalized spacial score (nSPS) is 23.1. The van der Waals surface area contributed by atoms with Crippen molar-refractivity contribution in [3.63, 3.8) is 0 Å². The van der Waals surface area contributed by atoms with E-state index in [-0.39, 0.29) is 23.1 Å². The van der Waals surface area contributed by atoms with Crippen LogP contribution < -0.4 is 19.5 Å². The number of carbonyl (C=O) groups is 1. The second-order valence-electron chi connectivity index (χ2n) is 7.66. The molecular weight excluding hydrogens is 380 g/mol. The zero-order valence-corrected chi connectivity index (χ0v) is 17.4. The molecule has 1 unspecified atom stereocenters. The summed E-state index contributed by atoms with van der Waals surface area (Å²) in [5, 5.41) is 2.57. The minimum Gasteiger partial charge on any atom is -0.486 e. The third-order valence-corrected chi connectivity index (χ3v) is 7.42. The summed E-state index contributed by atoms with van der Waals surface area (Å²) in [5.41, 5.74) is 0.686. The van der Waals surface area contributed by atoms with Gasteiger partial charge in [0.15, 0.2) is 11.5 Å². The zero-order valence-electron chi connectivity index (χ0n) is 16.6. The Balaban J connectivity index is 1.50. The number of nitrogens with one attached hydrogen (secondary N) is 2. The van der Waals surface area contributed by atoms with E-state index < -0.39 is 10.0 Å². The number of benzene rings is 1. The Morgan fingerprint density at radius 1 is 1.14 bits per heavy atom. The van der Waals surface area contributed by atoms with Gasteiger partial charge in [0.2, 0.25) is 15.9 Å². The van der Waals surface area contributed by atoms with Gasteiger partial charge in [-0.3, -0.25) is 4.79 Å². The molecule has 1 saturated carbocycles. The van der Waals surface area contributed by atoms with Crippen molar-refractivity contribution in [1.29, 1.82) is 0 Å². The van der Waals surface area contributed by atoms with Gasteiger partial charge >= 0.3 is 0 Å². The summed E-state index contributed by atoms with van der Waals surface area (Å²) in [7, 11) is -3.29. The minimum absolute atomic E-state index is 0.0302. The molecule has 3 rings (SSSR count). The Morgan fingerprint density at radius 2 is 1.82 bits per heavy atom. The van der Waals surface area contributed by atoms with E-state index in [1.807, 2.05) is 6.92 Å². The van der Waals surface area contributed by atoms with Gasteiger partial charge in [-0.05, 0) is 51.2 Å². The number of hydrogen-bond acceptors (Lipinski definition) is 5. The Labute approximate surface area is 167 Å². The number of fused-ring (bicyclic) bond motifs is 1. The Kier molecular flexibility index (Phi) is 6.82. The molecule has 0 spiro atoms. The molecule has 1 fully saturated rings. The predicted octanol–water partition coefficient (Wildman–Crippen LogP) is 3.06. The van der Waals surface area contributed by atoms with Gasteiger partial charge in [0.05, 0.1) is 5.25 Å². The lowest BCUT2D eigenvalue weighted by Crippen LogP contribution is -2.42. The van der Waals surface area contributed by atoms with E-state index in [2.05, 4.69) is 10.0 Å². The monoisotopic (exact) mass is 410 g/mol. The van der Waals surface area contributed by atoms with Gasteiger partial charge in [0, 0.05) is 23.7 Å². The van der Waals surface area contributed by atoms with Crippen molar-refractivity contribution in [3.05, 3.63) is 18.2 Å². The van der Waals surface area contributed by atoms with E-state index in [1.165, 1.54) is 0 Å². The fourth-order valence-corrected chi connectivity index (χ4v) is 5.23. The molecule has 8 heteroatoms. The number of ether oxygens (including phenoxy) is 2. The van der Waals surface area contributed by atoms with Crippen LogP contribution in [-0.4, -0.2) is 38.8 Å². The van der Waals surface area contributed by atoms with Crippen molar-refractivity contribution in [2.75, 3.05) is 18.5 Å². The average Bonchev–Trinajstić information content (AvgIpc) is 2.68.